The highest BCUT2D eigenvalue weighted by Crippen LogP contribution is 2.35. The number of aromatic nitrogens is 3. The van der Waals surface area contributed by atoms with E-state index in [4.69, 9.17) is 0 Å². The lowest BCUT2D eigenvalue weighted by molar-refractivity contribution is 0.818. The molecule has 0 aliphatic heterocycles. The minimum absolute atomic E-state index is 0.180. The van der Waals surface area contributed by atoms with Crippen molar-refractivity contribution in [2.45, 2.75) is 6.92 Å². The molecule has 0 radical (unpaired) electrons. The zero-order valence-corrected chi connectivity index (χ0v) is 14.3. The molecule has 0 amide bonds. The molecule has 0 fully saturated rings. The fourth-order valence-corrected chi connectivity index (χ4v) is 3.71. The predicted octanol–water partition coefficient (Wildman–Crippen LogP) is 3.71. The molecule has 0 bridgehead atoms. The summed E-state index contributed by atoms with van der Waals surface area (Å²) in [5.74, 6) is 0. The zero-order chi connectivity index (χ0) is 17.2. The number of hydrogen-bond acceptors (Lipinski definition) is 5. The summed E-state index contributed by atoms with van der Waals surface area (Å²) in [5.41, 5.74) is 2.44. The van der Waals surface area contributed by atoms with Crippen molar-refractivity contribution in [1.82, 2.24) is 14.6 Å². The standard InChI is InChI=1S/C19H14N4OS/c1-13-16(14-7-3-2-4-8-14)17-18(25-13)21-12-23(19(17)24)22-11-15-9-5-6-10-20-15/h2-12H,1H3/b22-11-. The molecule has 122 valence electrons. The summed E-state index contributed by atoms with van der Waals surface area (Å²) >= 11 is 1.52. The van der Waals surface area contributed by atoms with E-state index in [0.29, 0.717) is 11.1 Å². The summed E-state index contributed by atoms with van der Waals surface area (Å²) in [5, 5.41) is 4.83. The fraction of sp³-hybridized carbons (Fsp3) is 0.0526. The molecule has 4 aromatic rings. The van der Waals surface area contributed by atoms with E-state index in [1.807, 2.05) is 55.5 Å². The Balaban J connectivity index is 1.88. The van der Waals surface area contributed by atoms with Crippen molar-refractivity contribution in [1.29, 1.82) is 0 Å². The number of nitrogens with zero attached hydrogens (tertiary/aromatic N) is 4. The molecule has 3 heterocycles. The van der Waals surface area contributed by atoms with E-state index < -0.39 is 0 Å². The highest BCUT2D eigenvalue weighted by atomic mass is 32.1. The van der Waals surface area contributed by atoms with E-state index in [1.165, 1.54) is 22.3 Å². The van der Waals surface area contributed by atoms with Crippen molar-refractivity contribution in [2.75, 3.05) is 0 Å². The van der Waals surface area contributed by atoms with Crippen molar-refractivity contribution in [3.63, 3.8) is 0 Å². The molecule has 0 spiro atoms. The van der Waals surface area contributed by atoms with Crippen molar-refractivity contribution in [3.8, 4) is 11.1 Å². The lowest BCUT2D eigenvalue weighted by Gasteiger charge is -2.02. The van der Waals surface area contributed by atoms with Crippen molar-refractivity contribution >= 4 is 27.8 Å². The Morgan fingerprint density at radius 3 is 2.64 bits per heavy atom. The van der Waals surface area contributed by atoms with Gasteiger partial charge in [-0.15, -0.1) is 11.3 Å². The molecule has 1 aromatic carbocycles. The second-order valence-electron chi connectivity index (χ2n) is 5.47. The molecule has 0 saturated carbocycles. The number of fused-ring (bicyclic) bond motifs is 1. The van der Waals surface area contributed by atoms with Crippen LogP contribution >= 0.6 is 11.3 Å². The molecule has 0 aliphatic carbocycles. The summed E-state index contributed by atoms with van der Waals surface area (Å²) in [7, 11) is 0. The topological polar surface area (TPSA) is 60.1 Å². The lowest BCUT2D eigenvalue weighted by Crippen LogP contribution is -2.17. The fourth-order valence-electron chi connectivity index (χ4n) is 2.70. The smallest absolute Gasteiger partial charge is 0.267 e. The molecule has 0 aliphatic rings. The predicted molar refractivity (Wildman–Crippen MR) is 101 cm³/mol. The van der Waals surface area contributed by atoms with Gasteiger partial charge < -0.3 is 0 Å². The molecule has 0 saturated heterocycles. The van der Waals surface area contributed by atoms with Crippen LogP contribution in [0.3, 0.4) is 0 Å². The summed E-state index contributed by atoms with van der Waals surface area (Å²) in [6, 6.07) is 15.4. The number of hydrogen-bond donors (Lipinski definition) is 0. The molecule has 0 unspecified atom stereocenters. The first kappa shape index (κ1) is 15.4. The van der Waals surface area contributed by atoms with Gasteiger partial charge in [0.25, 0.3) is 5.56 Å². The van der Waals surface area contributed by atoms with Crippen molar-refractivity contribution in [3.05, 3.63) is 82.0 Å². The van der Waals surface area contributed by atoms with E-state index in [2.05, 4.69) is 15.1 Å². The largest absolute Gasteiger partial charge is 0.283 e. The van der Waals surface area contributed by atoms with Crippen LogP contribution in [-0.2, 0) is 0 Å². The maximum absolute atomic E-state index is 13.0. The minimum Gasteiger partial charge on any atom is -0.267 e. The Hall–Kier alpha value is -3.12. The van der Waals surface area contributed by atoms with Gasteiger partial charge >= 0.3 is 0 Å². The zero-order valence-electron chi connectivity index (χ0n) is 13.5. The second-order valence-corrected chi connectivity index (χ2v) is 6.68. The van der Waals surface area contributed by atoms with Gasteiger partial charge in [0.1, 0.15) is 11.2 Å². The third kappa shape index (κ3) is 2.88. The highest BCUT2D eigenvalue weighted by molar-refractivity contribution is 7.19. The van der Waals surface area contributed by atoms with Crippen molar-refractivity contribution < 1.29 is 0 Å². The van der Waals surface area contributed by atoms with Gasteiger partial charge in [0, 0.05) is 16.6 Å². The Labute approximate surface area is 147 Å². The highest BCUT2D eigenvalue weighted by Gasteiger charge is 2.16. The van der Waals surface area contributed by atoms with E-state index in [1.54, 1.807) is 12.4 Å². The number of aryl methyl sites for hydroxylation is 1. The molecule has 3 aromatic heterocycles. The van der Waals surface area contributed by atoms with E-state index in [9.17, 15) is 4.79 Å². The number of pyridine rings is 1. The van der Waals surface area contributed by atoms with Crippen LogP contribution in [0.1, 0.15) is 10.6 Å². The molecule has 0 atom stereocenters. The van der Waals surface area contributed by atoms with Crippen LogP contribution in [0.2, 0.25) is 0 Å². The van der Waals surface area contributed by atoms with Gasteiger partial charge in [-0.05, 0) is 24.6 Å². The lowest BCUT2D eigenvalue weighted by atomic mass is 10.0. The maximum atomic E-state index is 13.0. The first-order valence-electron chi connectivity index (χ1n) is 7.75. The maximum Gasteiger partial charge on any atom is 0.283 e. The van der Waals surface area contributed by atoms with Gasteiger partial charge in [0.2, 0.25) is 0 Å². The minimum atomic E-state index is -0.180. The molecular weight excluding hydrogens is 332 g/mol. The Morgan fingerprint density at radius 1 is 1.08 bits per heavy atom. The third-order valence-corrected chi connectivity index (χ3v) is 4.85. The normalized spacial score (nSPS) is 11.4. The van der Waals surface area contributed by atoms with Crippen LogP contribution in [0.25, 0.3) is 21.3 Å². The van der Waals surface area contributed by atoms with Crippen LogP contribution < -0.4 is 5.56 Å². The Bertz CT molecular complexity index is 1110. The van der Waals surface area contributed by atoms with Crippen LogP contribution in [0.5, 0.6) is 0 Å². The monoisotopic (exact) mass is 346 g/mol. The molecule has 6 heteroatoms. The van der Waals surface area contributed by atoms with Crippen LogP contribution in [-0.4, -0.2) is 20.9 Å². The van der Waals surface area contributed by atoms with Crippen LogP contribution in [0.15, 0.2) is 71.0 Å². The summed E-state index contributed by atoms with van der Waals surface area (Å²) < 4.78 is 1.26. The average Bonchev–Trinajstić information content (AvgIpc) is 2.99. The SMILES string of the molecule is Cc1sc2ncn(/N=C\c3ccccn3)c(=O)c2c1-c1ccccc1. The molecule has 4 rings (SSSR count). The number of thiophene rings is 1. The number of rotatable bonds is 3. The number of benzene rings is 1. The van der Waals surface area contributed by atoms with E-state index in [-0.39, 0.29) is 5.56 Å². The van der Waals surface area contributed by atoms with Gasteiger partial charge in [-0.2, -0.15) is 9.78 Å². The van der Waals surface area contributed by atoms with Gasteiger partial charge in [0.15, 0.2) is 0 Å². The first-order chi connectivity index (χ1) is 12.2. The second kappa shape index (κ2) is 6.41. The van der Waals surface area contributed by atoms with Gasteiger partial charge in [-0.3, -0.25) is 9.78 Å². The third-order valence-electron chi connectivity index (χ3n) is 3.84. The summed E-state index contributed by atoms with van der Waals surface area (Å²) in [6.45, 7) is 2.01. The first-order valence-corrected chi connectivity index (χ1v) is 8.57. The van der Waals surface area contributed by atoms with Gasteiger partial charge in [0.05, 0.1) is 17.3 Å². The van der Waals surface area contributed by atoms with E-state index in [0.717, 1.165) is 20.8 Å². The molecular formula is C19H14N4OS. The van der Waals surface area contributed by atoms with Gasteiger partial charge in [-0.25, -0.2) is 4.98 Å². The molecule has 25 heavy (non-hydrogen) atoms. The summed E-state index contributed by atoms with van der Waals surface area (Å²) in [6.07, 6.45) is 4.69. The molecule has 5 nitrogen and oxygen atoms in total. The van der Waals surface area contributed by atoms with Gasteiger partial charge in [-0.1, -0.05) is 36.4 Å². The average molecular weight is 346 g/mol. The molecule has 0 N–H and O–H groups in total. The Kier molecular flexibility index (Phi) is 3.95. The summed E-state index contributed by atoms with van der Waals surface area (Å²) in [4.78, 5) is 23.3. The van der Waals surface area contributed by atoms with Crippen molar-refractivity contribution in [2.24, 2.45) is 5.10 Å². The Morgan fingerprint density at radius 2 is 1.88 bits per heavy atom. The van der Waals surface area contributed by atoms with Crippen LogP contribution in [0.4, 0.5) is 0 Å². The quantitative estimate of drug-likeness (QED) is 0.531. The van der Waals surface area contributed by atoms with Crippen LogP contribution in [0, 0.1) is 6.92 Å². The van der Waals surface area contributed by atoms with E-state index >= 15 is 0 Å².